The van der Waals surface area contributed by atoms with E-state index >= 15 is 0 Å². The van der Waals surface area contributed by atoms with E-state index in [1.807, 2.05) is 16.7 Å². The maximum atomic E-state index is 12.1. The summed E-state index contributed by atoms with van der Waals surface area (Å²) in [7, 11) is 0. The molecule has 98 valence electrons. The third kappa shape index (κ3) is 2.38. The van der Waals surface area contributed by atoms with Crippen LogP contribution < -0.4 is 5.69 Å². The van der Waals surface area contributed by atoms with Crippen molar-refractivity contribution in [3.05, 3.63) is 56.5 Å². The van der Waals surface area contributed by atoms with Crippen LogP contribution in [0.4, 0.5) is 0 Å². The van der Waals surface area contributed by atoms with Crippen LogP contribution >= 0.6 is 12.2 Å². The lowest BCUT2D eigenvalue weighted by molar-refractivity contribution is 0.584. The lowest BCUT2D eigenvalue weighted by atomic mass is 9.97. The van der Waals surface area contributed by atoms with Crippen LogP contribution in [0.2, 0.25) is 0 Å². The minimum absolute atomic E-state index is 0.109. The Labute approximate surface area is 116 Å². The first-order chi connectivity index (χ1) is 9.25. The molecule has 2 heterocycles. The van der Waals surface area contributed by atoms with E-state index < -0.39 is 0 Å². The van der Waals surface area contributed by atoms with Crippen LogP contribution in [0, 0.1) is 4.64 Å². The lowest BCUT2D eigenvalue weighted by Gasteiger charge is -2.20. The van der Waals surface area contributed by atoms with Crippen molar-refractivity contribution in [2.24, 2.45) is 0 Å². The van der Waals surface area contributed by atoms with E-state index in [1.54, 1.807) is 12.4 Å². The third-order valence-electron chi connectivity index (χ3n) is 3.59. The van der Waals surface area contributed by atoms with Crippen LogP contribution in [-0.2, 0) is 19.4 Å². The summed E-state index contributed by atoms with van der Waals surface area (Å²) in [5, 5.41) is 0. The average Bonchev–Trinajstić information content (AvgIpc) is 2.45. The predicted octanol–water partition coefficient (Wildman–Crippen LogP) is 2.23. The number of hydrogen-bond donors (Lipinski definition) is 1. The molecular formula is C14H15N3OS. The summed E-state index contributed by atoms with van der Waals surface area (Å²) in [5.41, 5.74) is 3.23. The Bertz CT molecular complexity index is 703. The highest BCUT2D eigenvalue weighted by Crippen LogP contribution is 2.20. The van der Waals surface area contributed by atoms with E-state index in [0.717, 1.165) is 42.5 Å². The zero-order chi connectivity index (χ0) is 13.2. The summed E-state index contributed by atoms with van der Waals surface area (Å²) in [4.78, 5) is 18.9. The minimum atomic E-state index is -0.109. The molecule has 0 aliphatic heterocycles. The molecule has 0 saturated carbocycles. The summed E-state index contributed by atoms with van der Waals surface area (Å²) >= 11 is 5.27. The molecule has 0 unspecified atom stereocenters. The fourth-order valence-electron chi connectivity index (χ4n) is 2.63. The molecule has 0 spiro atoms. The predicted molar refractivity (Wildman–Crippen MR) is 75.9 cm³/mol. The maximum Gasteiger partial charge on any atom is 0.327 e. The van der Waals surface area contributed by atoms with E-state index in [2.05, 4.69) is 9.97 Å². The number of aromatic nitrogens is 3. The Morgan fingerprint density at radius 2 is 2.00 bits per heavy atom. The number of nitrogens with zero attached hydrogens (tertiary/aromatic N) is 2. The Kier molecular flexibility index (Phi) is 3.29. The first-order valence-corrected chi connectivity index (χ1v) is 6.90. The van der Waals surface area contributed by atoms with Gasteiger partial charge in [0.25, 0.3) is 0 Å². The molecule has 1 aliphatic carbocycles. The normalized spacial score (nSPS) is 14.1. The SMILES string of the molecule is O=c1[nH]c(=S)c2c(n1Cc1ccncc1)CCCC2. The van der Waals surface area contributed by atoms with Crippen molar-refractivity contribution in [1.29, 1.82) is 0 Å². The van der Waals surface area contributed by atoms with E-state index in [1.165, 1.54) is 0 Å². The van der Waals surface area contributed by atoms with E-state index in [-0.39, 0.29) is 5.69 Å². The van der Waals surface area contributed by atoms with E-state index in [9.17, 15) is 4.79 Å². The molecule has 1 N–H and O–H groups in total. The van der Waals surface area contributed by atoms with Crippen molar-refractivity contribution in [3.8, 4) is 0 Å². The molecule has 3 rings (SSSR count). The van der Waals surface area contributed by atoms with Gasteiger partial charge in [-0.05, 0) is 43.4 Å². The quantitative estimate of drug-likeness (QED) is 0.854. The number of H-pyrrole nitrogens is 1. The second-order valence-electron chi connectivity index (χ2n) is 4.83. The van der Waals surface area contributed by atoms with Crippen LogP contribution in [0.15, 0.2) is 29.3 Å². The fraction of sp³-hybridized carbons (Fsp3) is 0.357. The number of nitrogens with one attached hydrogen (secondary N) is 1. The second-order valence-corrected chi connectivity index (χ2v) is 5.24. The van der Waals surface area contributed by atoms with Crippen molar-refractivity contribution >= 4 is 12.2 Å². The smallest absolute Gasteiger partial charge is 0.298 e. The molecule has 2 aromatic heterocycles. The molecule has 4 nitrogen and oxygen atoms in total. The molecular weight excluding hydrogens is 258 g/mol. The first-order valence-electron chi connectivity index (χ1n) is 6.49. The van der Waals surface area contributed by atoms with Gasteiger partial charge in [-0.3, -0.25) is 14.5 Å². The minimum Gasteiger partial charge on any atom is -0.298 e. The van der Waals surface area contributed by atoms with Gasteiger partial charge in [0.1, 0.15) is 4.64 Å². The summed E-state index contributed by atoms with van der Waals surface area (Å²) in [6.07, 6.45) is 7.69. The van der Waals surface area contributed by atoms with Crippen molar-refractivity contribution in [2.75, 3.05) is 0 Å². The lowest BCUT2D eigenvalue weighted by Crippen LogP contribution is -2.30. The third-order valence-corrected chi connectivity index (χ3v) is 3.94. The molecule has 0 amide bonds. The van der Waals surface area contributed by atoms with Gasteiger partial charge in [-0.15, -0.1) is 0 Å². The Balaban J connectivity index is 2.11. The molecule has 0 bridgehead atoms. The molecule has 0 radical (unpaired) electrons. The molecule has 5 heteroatoms. The topological polar surface area (TPSA) is 50.7 Å². The zero-order valence-electron chi connectivity index (χ0n) is 10.6. The highest BCUT2D eigenvalue weighted by atomic mass is 32.1. The molecule has 0 aromatic carbocycles. The van der Waals surface area contributed by atoms with Crippen molar-refractivity contribution in [2.45, 2.75) is 32.2 Å². The highest BCUT2D eigenvalue weighted by molar-refractivity contribution is 7.71. The van der Waals surface area contributed by atoms with Gasteiger partial charge < -0.3 is 0 Å². The van der Waals surface area contributed by atoms with Gasteiger partial charge in [0.05, 0.1) is 6.54 Å². The van der Waals surface area contributed by atoms with Gasteiger partial charge >= 0.3 is 5.69 Å². The van der Waals surface area contributed by atoms with Gasteiger partial charge in [-0.2, -0.15) is 0 Å². The monoisotopic (exact) mass is 273 g/mol. The Hall–Kier alpha value is -1.75. The van der Waals surface area contributed by atoms with E-state index in [4.69, 9.17) is 12.2 Å². The van der Waals surface area contributed by atoms with Crippen LogP contribution in [0.1, 0.15) is 29.7 Å². The number of pyridine rings is 1. The summed E-state index contributed by atoms with van der Waals surface area (Å²) in [5.74, 6) is 0. The molecule has 1 aliphatic rings. The largest absolute Gasteiger partial charge is 0.327 e. The molecule has 2 aromatic rings. The van der Waals surface area contributed by atoms with Crippen LogP contribution in [0.3, 0.4) is 0 Å². The number of rotatable bonds is 2. The van der Waals surface area contributed by atoms with Crippen LogP contribution in [0.25, 0.3) is 0 Å². The van der Waals surface area contributed by atoms with Crippen molar-refractivity contribution < 1.29 is 0 Å². The van der Waals surface area contributed by atoms with Gasteiger partial charge in [0.2, 0.25) is 0 Å². The zero-order valence-corrected chi connectivity index (χ0v) is 11.4. The fourth-order valence-corrected chi connectivity index (χ4v) is 2.94. The maximum absolute atomic E-state index is 12.1. The first kappa shape index (κ1) is 12.3. The van der Waals surface area contributed by atoms with Crippen molar-refractivity contribution in [1.82, 2.24) is 14.5 Å². The number of aromatic amines is 1. The summed E-state index contributed by atoms with van der Waals surface area (Å²) < 4.78 is 2.44. The molecule has 19 heavy (non-hydrogen) atoms. The molecule has 0 fully saturated rings. The highest BCUT2D eigenvalue weighted by Gasteiger charge is 2.16. The number of hydrogen-bond acceptors (Lipinski definition) is 3. The van der Waals surface area contributed by atoms with Gasteiger partial charge in [0.15, 0.2) is 0 Å². The Morgan fingerprint density at radius 1 is 1.26 bits per heavy atom. The molecule has 0 atom stereocenters. The molecule has 0 saturated heterocycles. The van der Waals surface area contributed by atoms with Gasteiger partial charge in [-0.25, -0.2) is 4.79 Å². The van der Waals surface area contributed by atoms with Crippen molar-refractivity contribution in [3.63, 3.8) is 0 Å². The van der Waals surface area contributed by atoms with Gasteiger partial charge in [0, 0.05) is 23.7 Å². The Morgan fingerprint density at radius 3 is 2.79 bits per heavy atom. The number of fused-ring (bicyclic) bond motifs is 1. The average molecular weight is 273 g/mol. The van der Waals surface area contributed by atoms with Crippen LogP contribution in [-0.4, -0.2) is 14.5 Å². The second kappa shape index (κ2) is 5.09. The van der Waals surface area contributed by atoms with Crippen LogP contribution in [0.5, 0.6) is 0 Å². The standard InChI is InChI=1S/C14H15N3OS/c18-14-16-13(19)11-3-1-2-4-12(11)17(14)9-10-5-7-15-8-6-10/h5-8H,1-4,9H2,(H,16,18,19). The van der Waals surface area contributed by atoms with Gasteiger partial charge in [-0.1, -0.05) is 12.2 Å². The summed E-state index contributed by atoms with van der Waals surface area (Å²) in [6.45, 7) is 0.579. The summed E-state index contributed by atoms with van der Waals surface area (Å²) in [6, 6.07) is 3.87. The van der Waals surface area contributed by atoms with E-state index in [0.29, 0.717) is 11.2 Å².